The Kier molecular flexibility index (Phi) is 6.57. The summed E-state index contributed by atoms with van der Waals surface area (Å²) in [7, 11) is 3.42. The van der Waals surface area contributed by atoms with Crippen molar-refractivity contribution in [1.82, 2.24) is 15.1 Å². The van der Waals surface area contributed by atoms with Gasteiger partial charge < -0.3 is 19.7 Å². The van der Waals surface area contributed by atoms with Gasteiger partial charge in [0.15, 0.2) is 11.5 Å². The predicted molar refractivity (Wildman–Crippen MR) is 102 cm³/mol. The van der Waals surface area contributed by atoms with E-state index in [1.165, 1.54) is 37.9 Å². The number of benzene rings is 1. The third-order valence-electron chi connectivity index (χ3n) is 5.69. The molecule has 0 bridgehead atoms. The lowest BCUT2D eigenvalue weighted by Gasteiger charge is -2.43. The molecule has 1 aromatic carbocycles. The SMILES string of the molecule is CCC1CNCCN1C(CN1CCCC1)c1ccc(OC)c(OC)c1. The zero-order valence-electron chi connectivity index (χ0n) is 16.0. The average Bonchev–Trinajstić information content (AvgIpc) is 3.18. The number of hydrogen-bond acceptors (Lipinski definition) is 5. The molecule has 2 aliphatic rings. The van der Waals surface area contributed by atoms with Crippen molar-refractivity contribution in [3.8, 4) is 11.5 Å². The van der Waals surface area contributed by atoms with Crippen LogP contribution in [-0.2, 0) is 0 Å². The molecule has 0 saturated carbocycles. The van der Waals surface area contributed by atoms with Gasteiger partial charge in [-0.1, -0.05) is 13.0 Å². The van der Waals surface area contributed by atoms with E-state index in [4.69, 9.17) is 9.47 Å². The first-order valence-electron chi connectivity index (χ1n) is 9.67. The molecule has 5 heteroatoms. The van der Waals surface area contributed by atoms with Gasteiger partial charge in [-0.2, -0.15) is 0 Å². The number of methoxy groups -OCH3 is 2. The summed E-state index contributed by atoms with van der Waals surface area (Å²) in [5, 5.41) is 3.56. The van der Waals surface area contributed by atoms with E-state index in [2.05, 4.69) is 34.2 Å². The first-order chi connectivity index (χ1) is 12.3. The van der Waals surface area contributed by atoms with Crippen molar-refractivity contribution < 1.29 is 9.47 Å². The summed E-state index contributed by atoms with van der Waals surface area (Å²) in [5.41, 5.74) is 1.34. The summed E-state index contributed by atoms with van der Waals surface area (Å²) >= 11 is 0. The molecule has 2 fully saturated rings. The van der Waals surface area contributed by atoms with E-state index in [1.807, 2.05) is 6.07 Å². The van der Waals surface area contributed by atoms with Crippen LogP contribution in [0.5, 0.6) is 11.5 Å². The van der Waals surface area contributed by atoms with Crippen molar-refractivity contribution in [2.45, 2.75) is 38.3 Å². The number of nitrogens with one attached hydrogen (secondary N) is 1. The lowest BCUT2D eigenvalue weighted by Crippen LogP contribution is -2.53. The lowest BCUT2D eigenvalue weighted by molar-refractivity contribution is 0.0797. The van der Waals surface area contributed by atoms with Crippen molar-refractivity contribution in [3.05, 3.63) is 23.8 Å². The molecule has 0 spiro atoms. The molecule has 0 aliphatic carbocycles. The second kappa shape index (κ2) is 8.88. The maximum absolute atomic E-state index is 5.57. The van der Waals surface area contributed by atoms with Crippen LogP contribution in [0, 0.1) is 0 Å². The molecule has 3 rings (SSSR count). The topological polar surface area (TPSA) is 37.0 Å². The number of hydrogen-bond donors (Lipinski definition) is 1. The smallest absolute Gasteiger partial charge is 0.161 e. The Morgan fingerprint density at radius 2 is 1.88 bits per heavy atom. The van der Waals surface area contributed by atoms with Crippen LogP contribution < -0.4 is 14.8 Å². The molecule has 2 aliphatic heterocycles. The van der Waals surface area contributed by atoms with Gasteiger partial charge in [-0.3, -0.25) is 4.90 Å². The van der Waals surface area contributed by atoms with Crippen LogP contribution in [0.2, 0.25) is 0 Å². The van der Waals surface area contributed by atoms with E-state index >= 15 is 0 Å². The Morgan fingerprint density at radius 1 is 1.12 bits per heavy atom. The molecule has 140 valence electrons. The number of rotatable bonds is 7. The van der Waals surface area contributed by atoms with Gasteiger partial charge in [-0.25, -0.2) is 0 Å². The van der Waals surface area contributed by atoms with Gasteiger partial charge in [0, 0.05) is 38.3 Å². The fraction of sp³-hybridized carbons (Fsp3) is 0.700. The van der Waals surface area contributed by atoms with Gasteiger partial charge >= 0.3 is 0 Å². The molecule has 0 amide bonds. The minimum Gasteiger partial charge on any atom is -0.493 e. The first kappa shape index (κ1) is 18.5. The van der Waals surface area contributed by atoms with Crippen LogP contribution in [0.15, 0.2) is 18.2 Å². The Morgan fingerprint density at radius 3 is 2.56 bits per heavy atom. The molecule has 2 saturated heterocycles. The second-order valence-electron chi connectivity index (χ2n) is 7.14. The number of piperazine rings is 1. The van der Waals surface area contributed by atoms with Crippen molar-refractivity contribution >= 4 is 0 Å². The second-order valence-corrected chi connectivity index (χ2v) is 7.14. The lowest BCUT2D eigenvalue weighted by atomic mass is 9.99. The third kappa shape index (κ3) is 4.27. The predicted octanol–water partition coefficient (Wildman–Crippen LogP) is 2.52. The normalized spacial score (nSPS) is 23.6. The van der Waals surface area contributed by atoms with Crippen molar-refractivity contribution in [1.29, 1.82) is 0 Å². The van der Waals surface area contributed by atoms with E-state index in [0.717, 1.165) is 37.7 Å². The quantitative estimate of drug-likeness (QED) is 0.820. The van der Waals surface area contributed by atoms with Crippen molar-refractivity contribution in [2.75, 3.05) is 53.5 Å². The summed E-state index contributed by atoms with van der Waals surface area (Å²) in [5.74, 6) is 1.63. The zero-order valence-corrected chi connectivity index (χ0v) is 16.0. The summed E-state index contributed by atoms with van der Waals surface area (Å²) in [6.07, 6.45) is 3.84. The fourth-order valence-corrected chi connectivity index (χ4v) is 4.24. The molecule has 0 radical (unpaired) electrons. The Balaban J connectivity index is 1.89. The molecule has 2 atom stereocenters. The highest BCUT2D eigenvalue weighted by atomic mass is 16.5. The third-order valence-corrected chi connectivity index (χ3v) is 5.69. The number of ether oxygens (including phenoxy) is 2. The van der Waals surface area contributed by atoms with Crippen molar-refractivity contribution in [2.24, 2.45) is 0 Å². The number of nitrogens with zero attached hydrogens (tertiary/aromatic N) is 2. The molecule has 2 heterocycles. The molecule has 1 N–H and O–H groups in total. The summed E-state index contributed by atoms with van der Waals surface area (Å²) < 4.78 is 11.0. The molecular weight excluding hydrogens is 314 g/mol. The molecule has 1 aromatic rings. The highest BCUT2D eigenvalue weighted by molar-refractivity contribution is 5.44. The van der Waals surface area contributed by atoms with Crippen LogP contribution in [0.1, 0.15) is 37.8 Å². The van der Waals surface area contributed by atoms with Crippen LogP contribution in [0.3, 0.4) is 0 Å². The van der Waals surface area contributed by atoms with E-state index in [9.17, 15) is 0 Å². The summed E-state index contributed by atoms with van der Waals surface area (Å²) in [6, 6.07) is 7.44. The van der Waals surface area contributed by atoms with Crippen LogP contribution >= 0.6 is 0 Å². The van der Waals surface area contributed by atoms with Gasteiger partial charge in [-0.15, -0.1) is 0 Å². The van der Waals surface area contributed by atoms with E-state index < -0.39 is 0 Å². The monoisotopic (exact) mass is 347 g/mol. The highest BCUT2D eigenvalue weighted by Gasteiger charge is 2.31. The summed E-state index contributed by atoms with van der Waals surface area (Å²) in [4.78, 5) is 5.33. The zero-order chi connectivity index (χ0) is 17.6. The molecular formula is C20H33N3O2. The maximum atomic E-state index is 5.57. The van der Waals surface area contributed by atoms with Gasteiger partial charge in [0.05, 0.1) is 14.2 Å². The van der Waals surface area contributed by atoms with Gasteiger partial charge in [0.25, 0.3) is 0 Å². The van der Waals surface area contributed by atoms with E-state index in [0.29, 0.717) is 12.1 Å². The average molecular weight is 348 g/mol. The summed E-state index contributed by atoms with van der Waals surface area (Å²) in [6.45, 7) is 9.11. The Bertz CT molecular complexity index is 546. The minimum atomic E-state index is 0.407. The first-order valence-corrected chi connectivity index (χ1v) is 9.67. The van der Waals surface area contributed by atoms with Crippen LogP contribution in [0.4, 0.5) is 0 Å². The van der Waals surface area contributed by atoms with Gasteiger partial charge in [0.1, 0.15) is 0 Å². The largest absolute Gasteiger partial charge is 0.493 e. The van der Waals surface area contributed by atoms with Gasteiger partial charge in [0.2, 0.25) is 0 Å². The number of likely N-dealkylation sites (tertiary alicyclic amines) is 1. The standard InChI is InChI=1S/C20H33N3O2/c1-4-17-14-21-9-12-23(17)18(15-22-10-5-6-11-22)16-7-8-19(24-2)20(13-16)25-3/h7-8,13,17-18,21H,4-6,9-12,14-15H2,1-3H3. The molecule has 0 aromatic heterocycles. The Labute approximate surface area is 152 Å². The van der Waals surface area contributed by atoms with Crippen molar-refractivity contribution in [3.63, 3.8) is 0 Å². The van der Waals surface area contributed by atoms with Crippen LogP contribution in [0.25, 0.3) is 0 Å². The van der Waals surface area contributed by atoms with E-state index in [1.54, 1.807) is 14.2 Å². The maximum Gasteiger partial charge on any atom is 0.161 e. The van der Waals surface area contributed by atoms with E-state index in [-0.39, 0.29) is 0 Å². The molecule has 25 heavy (non-hydrogen) atoms. The molecule has 2 unspecified atom stereocenters. The highest BCUT2D eigenvalue weighted by Crippen LogP contribution is 2.34. The molecule has 5 nitrogen and oxygen atoms in total. The van der Waals surface area contributed by atoms with Gasteiger partial charge in [-0.05, 0) is 50.0 Å². The Hall–Kier alpha value is -1.30. The van der Waals surface area contributed by atoms with Crippen LogP contribution in [-0.4, -0.2) is 69.3 Å². The fourth-order valence-electron chi connectivity index (χ4n) is 4.24. The minimum absolute atomic E-state index is 0.407.